The number of hydrogen-bond donors (Lipinski definition) is 1. The molecule has 20 heavy (non-hydrogen) atoms. The van der Waals surface area contributed by atoms with Gasteiger partial charge in [-0.25, -0.2) is 4.39 Å². The molecule has 0 aliphatic carbocycles. The zero-order chi connectivity index (χ0) is 14.5. The van der Waals surface area contributed by atoms with Crippen molar-refractivity contribution < 1.29 is 9.13 Å². The minimum absolute atomic E-state index is 0.258. The number of nitrogens with one attached hydrogen (secondary N) is 1. The standard InChI is InChI=1S/C17H20FNO/c1-4-19-12(2)13-5-7-14(8-6-13)16-11-15(18)9-10-17(16)20-3/h5-12,19H,4H2,1-3H3. The molecule has 106 valence electrons. The Hall–Kier alpha value is -1.87. The summed E-state index contributed by atoms with van der Waals surface area (Å²) in [5.41, 5.74) is 2.94. The lowest BCUT2D eigenvalue weighted by Gasteiger charge is -2.14. The number of rotatable bonds is 5. The second kappa shape index (κ2) is 6.53. The Kier molecular flexibility index (Phi) is 4.74. The maximum absolute atomic E-state index is 13.4. The van der Waals surface area contributed by atoms with Gasteiger partial charge < -0.3 is 10.1 Å². The Bertz CT molecular complexity index is 566. The van der Waals surface area contributed by atoms with E-state index in [1.807, 2.05) is 12.1 Å². The first-order valence-electron chi connectivity index (χ1n) is 6.83. The molecular formula is C17H20FNO. The molecule has 1 unspecified atom stereocenters. The molecule has 3 heteroatoms. The van der Waals surface area contributed by atoms with Crippen molar-refractivity contribution in [2.24, 2.45) is 0 Å². The Morgan fingerprint density at radius 2 is 1.85 bits per heavy atom. The third-order valence-corrected chi connectivity index (χ3v) is 3.39. The monoisotopic (exact) mass is 273 g/mol. The molecule has 2 aromatic rings. The molecule has 0 fully saturated rings. The molecule has 2 rings (SSSR count). The van der Waals surface area contributed by atoms with Crippen molar-refractivity contribution in [3.8, 4) is 16.9 Å². The van der Waals surface area contributed by atoms with Gasteiger partial charge in [-0.2, -0.15) is 0 Å². The van der Waals surface area contributed by atoms with E-state index < -0.39 is 0 Å². The van der Waals surface area contributed by atoms with Gasteiger partial charge in [0.2, 0.25) is 0 Å². The molecular weight excluding hydrogens is 253 g/mol. The minimum Gasteiger partial charge on any atom is -0.496 e. The maximum atomic E-state index is 13.4. The van der Waals surface area contributed by atoms with Gasteiger partial charge in [0.25, 0.3) is 0 Å². The number of ether oxygens (including phenoxy) is 1. The minimum atomic E-state index is -0.258. The van der Waals surface area contributed by atoms with Crippen LogP contribution in [0.25, 0.3) is 11.1 Å². The highest BCUT2D eigenvalue weighted by atomic mass is 19.1. The first-order chi connectivity index (χ1) is 9.65. The van der Waals surface area contributed by atoms with Crippen molar-refractivity contribution >= 4 is 0 Å². The van der Waals surface area contributed by atoms with Crippen molar-refractivity contribution in [2.45, 2.75) is 19.9 Å². The molecule has 0 spiro atoms. The van der Waals surface area contributed by atoms with Crippen LogP contribution in [0.15, 0.2) is 42.5 Å². The third kappa shape index (κ3) is 3.17. The van der Waals surface area contributed by atoms with E-state index in [1.54, 1.807) is 13.2 Å². The van der Waals surface area contributed by atoms with Gasteiger partial charge in [-0.3, -0.25) is 0 Å². The number of halogens is 1. The lowest BCUT2D eigenvalue weighted by Crippen LogP contribution is -2.17. The summed E-state index contributed by atoms with van der Waals surface area (Å²) >= 11 is 0. The van der Waals surface area contributed by atoms with Crippen LogP contribution in [0.4, 0.5) is 4.39 Å². The quantitative estimate of drug-likeness (QED) is 0.882. The fourth-order valence-corrected chi connectivity index (χ4v) is 2.28. The van der Waals surface area contributed by atoms with Crippen molar-refractivity contribution in [1.82, 2.24) is 5.32 Å². The summed E-state index contributed by atoms with van der Waals surface area (Å²) in [6.45, 7) is 5.14. The average molecular weight is 273 g/mol. The van der Waals surface area contributed by atoms with Crippen LogP contribution in [-0.2, 0) is 0 Å². The Balaban J connectivity index is 2.32. The topological polar surface area (TPSA) is 21.3 Å². The summed E-state index contributed by atoms with van der Waals surface area (Å²) in [6, 6.07) is 13.0. The van der Waals surface area contributed by atoms with E-state index in [-0.39, 0.29) is 5.82 Å². The van der Waals surface area contributed by atoms with Crippen LogP contribution in [0.2, 0.25) is 0 Å². The van der Waals surface area contributed by atoms with Crippen LogP contribution in [0, 0.1) is 5.82 Å². The Labute approximate surface area is 119 Å². The molecule has 0 heterocycles. The predicted octanol–water partition coefficient (Wildman–Crippen LogP) is 4.17. The highest BCUT2D eigenvalue weighted by molar-refractivity contribution is 5.70. The molecule has 0 aliphatic rings. The summed E-state index contributed by atoms with van der Waals surface area (Å²) < 4.78 is 18.7. The van der Waals surface area contributed by atoms with Gasteiger partial charge in [-0.05, 0) is 42.8 Å². The maximum Gasteiger partial charge on any atom is 0.126 e. The summed E-state index contributed by atoms with van der Waals surface area (Å²) in [5, 5.41) is 3.37. The molecule has 1 N–H and O–H groups in total. The summed E-state index contributed by atoms with van der Waals surface area (Å²) in [4.78, 5) is 0. The lowest BCUT2D eigenvalue weighted by atomic mass is 10.0. The molecule has 0 amide bonds. The van der Waals surface area contributed by atoms with E-state index in [0.29, 0.717) is 11.8 Å². The van der Waals surface area contributed by atoms with Crippen molar-refractivity contribution in [1.29, 1.82) is 0 Å². The first-order valence-corrected chi connectivity index (χ1v) is 6.83. The number of benzene rings is 2. The van der Waals surface area contributed by atoms with Gasteiger partial charge in [-0.1, -0.05) is 31.2 Å². The van der Waals surface area contributed by atoms with E-state index >= 15 is 0 Å². The van der Waals surface area contributed by atoms with Gasteiger partial charge in [0.15, 0.2) is 0 Å². The summed E-state index contributed by atoms with van der Waals surface area (Å²) in [7, 11) is 1.60. The van der Waals surface area contributed by atoms with Crippen LogP contribution in [-0.4, -0.2) is 13.7 Å². The van der Waals surface area contributed by atoms with Crippen LogP contribution < -0.4 is 10.1 Å². The molecule has 0 radical (unpaired) electrons. The normalized spacial score (nSPS) is 12.2. The molecule has 2 nitrogen and oxygen atoms in total. The van der Waals surface area contributed by atoms with Gasteiger partial charge in [-0.15, -0.1) is 0 Å². The zero-order valence-corrected chi connectivity index (χ0v) is 12.1. The Morgan fingerprint density at radius 1 is 1.15 bits per heavy atom. The van der Waals surface area contributed by atoms with E-state index in [9.17, 15) is 4.39 Å². The molecule has 0 aliphatic heterocycles. The summed E-state index contributed by atoms with van der Waals surface area (Å²) in [5.74, 6) is 0.421. The molecule has 1 atom stereocenters. The van der Waals surface area contributed by atoms with Crippen molar-refractivity contribution in [3.63, 3.8) is 0 Å². The molecule has 0 bridgehead atoms. The molecule has 2 aromatic carbocycles. The lowest BCUT2D eigenvalue weighted by molar-refractivity contribution is 0.415. The van der Waals surface area contributed by atoms with E-state index in [2.05, 4.69) is 31.3 Å². The number of methoxy groups -OCH3 is 1. The van der Waals surface area contributed by atoms with Crippen molar-refractivity contribution in [3.05, 3.63) is 53.8 Å². The van der Waals surface area contributed by atoms with Crippen LogP contribution in [0.3, 0.4) is 0 Å². The largest absolute Gasteiger partial charge is 0.496 e. The summed E-state index contributed by atoms with van der Waals surface area (Å²) in [6.07, 6.45) is 0. The average Bonchev–Trinajstić information content (AvgIpc) is 2.47. The number of hydrogen-bond acceptors (Lipinski definition) is 2. The van der Waals surface area contributed by atoms with E-state index in [1.165, 1.54) is 17.7 Å². The fraction of sp³-hybridized carbons (Fsp3) is 0.294. The van der Waals surface area contributed by atoms with E-state index in [4.69, 9.17) is 4.74 Å². The van der Waals surface area contributed by atoms with Crippen LogP contribution in [0.1, 0.15) is 25.5 Å². The predicted molar refractivity (Wildman–Crippen MR) is 80.5 cm³/mol. The van der Waals surface area contributed by atoms with Crippen molar-refractivity contribution in [2.75, 3.05) is 13.7 Å². The van der Waals surface area contributed by atoms with Gasteiger partial charge >= 0.3 is 0 Å². The smallest absolute Gasteiger partial charge is 0.126 e. The highest BCUT2D eigenvalue weighted by Gasteiger charge is 2.09. The zero-order valence-electron chi connectivity index (χ0n) is 12.1. The van der Waals surface area contributed by atoms with Crippen LogP contribution >= 0.6 is 0 Å². The second-order valence-electron chi connectivity index (χ2n) is 4.75. The van der Waals surface area contributed by atoms with Gasteiger partial charge in [0.05, 0.1) is 7.11 Å². The van der Waals surface area contributed by atoms with Gasteiger partial charge in [0.1, 0.15) is 11.6 Å². The first kappa shape index (κ1) is 14.5. The van der Waals surface area contributed by atoms with E-state index in [0.717, 1.165) is 17.7 Å². The Morgan fingerprint density at radius 3 is 2.45 bits per heavy atom. The van der Waals surface area contributed by atoms with Crippen LogP contribution in [0.5, 0.6) is 5.75 Å². The van der Waals surface area contributed by atoms with Gasteiger partial charge in [0, 0.05) is 11.6 Å². The SMILES string of the molecule is CCNC(C)c1ccc(-c2cc(F)ccc2OC)cc1. The molecule has 0 saturated heterocycles. The molecule has 0 saturated carbocycles. The second-order valence-corrected chi connectivity index (χ2v) is 4.75. The highest BCUT2D eigenvalue weighted by Crippen LogP contribution is 2.31. The fourth-order valence-electron chi connectivity index (χ4n) is 2.28. The third-order valence-electron chi connectivity index (χ3n) is 3.39. The molecule has 0 aromatic heterocycles.